The van der Waals surface area contributed by atoms with Gasteiger partial charge >= 0.3 is 0 Å². The number of hydrogen-bond donors (Lipinski definition) is 1. The molecular formula is C18H33NOS. The summed E-state index contributed by atoms with van der Waals surface area (Å²) >= 11 is 2.10. The van der Waals surface area contributed by atoms with E-state index >= 15 is 0 Å². The van der Waals surface area contributed by atoms with Crippen LogP contribution in [0.3, 0.4) is 0 Å². The first kappa shape index (κ1) is 16.1. The van der Waals surface area contributed by atoms with Crippen LogP contribution >= 0.6 is 11.8 Å². The fourth-order valence-electron chi connectivity index (χ4n) is 4.92. The Kier molecular flexibility index (Phi) is 5.55. The molecule has 2 nitrogen and oxygen atoms in total. The number of rotatable bonds is 5. The van der Waals surface area contributed by atoms with Gasteiger partial charge in [0.25, 0.3) is 0 Å². The molecule has 5 atom stereocenters. The molecule has 5 unspecified atom stereocenters. The van der Waals surface area contributed by atoms with Crippen molar-refractivity contribution in [3.63, 3.8) is 0 Å². The normalized spacial score (nSPS) is 41.7. The van der Waals surface area contributed by atoms with Crippen molar-refractivity contribution < 1.29 is 4.74 Å². The fourth-order valence-corrected chi connectivity index (χ4v) is 6.30. The zero-order valence-electron chi connectivity index (χ0n) is 13.9. The van der Waals surface area contributed by atoms with Crippen LogP contribution in [0.5, 0.6) is 0 Å². The van der Waals surface area contributed by atoms with Gasteiger partial charge in [-0.1, -0.05) is 26.7 Å². The van der Waals surface area contributed by atoms with Gasteiger partial charge in [0.2, 0.25) is 0 Å². The van der Waals surface area contributed by atoms with Crippen molar-refractivity contribution in [2.24, 2.45) is 17.8 Å². The molecule has 3 heteroatoms. The number of ether oxygens (including phenoxy) is 1. The fraction of sp³-hybridized carbons (Fsp3) is 1.00. The topological polar surface area (TPSA) is 21.3 Å². The average Bonchev–Trinajstić information content (AvgIpc) is 3.10. The van der Waals surface area contributed by atoms with Crippen molar-refractivity contribution in [3.8, 4) is 0 Å². The van der Waals surface area contributed by atoms with Crippen molar-refractivity contribution in [2.45, 2.75) is 70.4 Å². The number of hydrogen-bond acceptors (Lipinski definition) is 3. The SMILES string of the molecule is CCCNC(C1CCOC2(CCSC2)C1)C1CCCC1C. The van der Waals surface area contributed by atoms with Crippen LogP contribution in [0.1, 0.15) is 58.8 Å². The van der Waals surface area contributed by atoms with Gasteiger partial charge in [0.05, 0.1) is 5.60 Å². The Hall–Kier alpha value is 0.270. The van der Waals surface area contributed by atoms with E-state index in [0.717, 1.165) is 30.4 Å². The van der Waals surface area contributed by atoms with E-state index in [-0.39, 0.29) is 5.60 Å². The molecule has 1 aliphatic carbocycles. The summed E-state index contributed by atoms with van der Waals surface area (Å²) in [5.74, 6) is 5.21. The molecule has 1 saturated carbocycles. The lowest BCUT2D eigenvalue weighted by molar-refractivity contribution is -0.0892. The summed E-state index contributed by atoms with van der Waals surface area (Å²) in [5, 5.41) is 3.96. The molecule has 2 heterocycles. The Labute approximate surface area is 135 Å². The van der Waals surface area contributed by atoms with E-state index < -0.39 is 0 Å². The predicted octanol–water partition coefficient (Wildman–Crippen LogP) is 4.09. The Bertz CT molecular complexity index is 329. The van der Waals surface area contributed by atoms with Crippen molar-refractivity contribution in [2.75, 3.05) is 24.7 Å². The highest BCUT2D eigenvalue weighted by Gasteiger charge is 2.44. The van der Waals surface area contributed by atoms with Crippen LogP contribution in [-0.4, -0.2) is 36.3 Å². The molecule has 0 amide bonds. The molecule has 1 N–H and O–H groups in total. The summed E-state index contributed by atoms with van der Waals surface area (Å²) in [5.41, 5.74) is 0.238. The summed E-state index contributed by atoms with van der Waals surface area (Å²) in [4.78, 5) is 0. The smallest absolute Gasteiger partial charge is 0.0783 e. The third kappa shape index (κ3) is 3.61. The van der Waals surface area contributed by atoms with Crippen LogP contribution in [0, 0.1) is 17.8 Å². The van der Waals surface area contributed by atoms with Gasteiger partial charge in [0, 0.05) is 18.4 Å². The summed E-state index contributed by atoms with van der Waals surface area (Å²) in [6.07, 6.45) is 9.46. The van der Waals surface area contributed by atoms with E-state index in [4.69, 9.17) is 4.74 Å². The molecule has 0 bridgehead atoms. The highest BCUT2D eigenvalue weighted by atomic mass is 32.2. The minimum absolute atomic E-state index is 0.238. The zero-order chi connectivity index (χ0) is 14.7. The lowest BCUT2D eigenvalue weighted by atomic mass is 9.74. The van der Waals surface area contributed by atoms with Crippen molar-refractivity contribution >= 4 is 11.8 Å². The molecule has 122 valence electrons. The lowest BCUT2D eigenvalue weighted by Gasteiger charge is -2.43. The minimum Gasteiger partial charge on any atom is -0.374 e. The van der Waals surface area contributed by atoms with E-state index in [9.17, 15) is 0 Å². The van der Waals surface area contributed by atoms with Gasteiger partial charge in [-0.3, -0.25) is 0 Å². The monoisotopic (exact) mass is 311 g/mol. The standard InChI is InChI=1S/C18H33NOS/c1-3-9-19-17(16-6-4-5-14(16)2)15-7-10-20-18(12-15)8-11-21-13-18/h14-17,19H,3-13H2,1-2H3. The maximum Gasteiger partial charge on any atom is 0.0783 e. The molecular weight excluding hydrogens is 278 g/mol. The molecule has 3 rings (SSSR count). The third-order valence-electron chi connectivity index (χ3n) is 6.13. The maximum absolute atomic E-state index is 6.25. The van der Waals surface area contributed by atoms with Gasteiger partial charge in [-0.2, -0.15) is 11.8 Å². The second kappa shape index (κ2) is 7.23. The van der Waals surface area contributed by atoms with Crippen molar-refractivity contribution in [1.29, 1.82) is 0 Å². The van der Waals surface area contributed by atoms with E-state index in [1.54, 1.807) is 0 Å². The van der Waals surface area contributed by atoms with E-state index in [1.807, 2.05) is 0 Å². The molecule has 0 radical (unpaired) electrons. The van der Waals surface area contributed by atoms with Crippen LogP contribution < -0.4 is 5.32 Å². The number of thioether (sulfide) groups is 1. The number of nitrogens with one attached hydrogen (secondary N) is 1. The Morgan fingerprint density at radius 2 is 2.24 bits per heavy atom. The van der Waals surface area contributed by atoms with Gasteiger partial charge in [0.15, 0.2) is 0 Å². The second-order valence-electron chi connectivity index (χ2n) is 7.64. The molecule has 1 spiro atoms. The van der Waals surface area contributed by atoms with E-state index in [1.165, 1.54) is 63.0 Å². The second-order valence-corrected chi connectivity index (χ2v) is 8.74. The molecule has 0 aromatic rings. The van der Waals surface area contributed by atoms with Crippen LogP contribution in [0.2, 0.25) is 0 Å². The summed E-state index contributed by atoms with van der Waals surface area (Å²) in [6.45, 7) is 6.96. The summed E-state index contributed by atoms with van der Waals surface area (Å²) in [7, 11) is 0. The van der Waals surface area contributed by atoms with Gasteiger partial charge in [-0.05, 0) is 62.2 Å². The van der Waals surface area contributed by atoms with Gasteiger partial charge in [-0.15, -0.1) is 0 Å². The Morgan fingerprint density at radius 3 is 2.90 bits per heavy atom. The first-order valence-corrected chi connectivity index (χ1v) is 10.3. The molecule has 3 fully saturated rings. The minimum atomic E-state index is 0.238. The molecule has 0 aromatic heterocycles. The van der Waals surface area contributed by atoms with E-state index in [2.05, 4.69) is 30.9 Å². The quantitative estimate of drug-likeness (QED) is 0.826. The van der Waals surface area contributed by atoms with Crippen molar-refractivity contribution in [1.82, 2.24) is 5.32 Å². The summed E-state index contributed by atoms with van der Waals surface area (Å²) < 4.78 is 6.25. The van der Waals surface area contributed by atoms with E-state index in [0.29, 0.717) is 0 Å². The maximum atomic E-state index is 6.25. The zero-order valence-corrected chi connectivity index (χ0v) is 14.7. The molecule has 2 aliphatic heterocycles. The summed E-state index contributed by atoms with van der Waals surface area (Å²) in [6, 6.07) is 0.744. The lowest BCUT2D eigenvalue weighted by Crippen LogP contribution is -2.50. The third-order valence-corrected chi connectivity index (χ3v) is 7.35. The Morgan fingerprint density at radius 1 is 1.33 bits per heavy atom. The van der Waals surface area contributed by atoms with Crippen LogP contribution in [0.25, 0.3) is 0 Å². The van der Waals surface area contributed by atoms with Crippen LogP contribution in [0.4, 0.5) is 0 Å². The highest BCUT2D eigenvalue weighted by molar-refractivity contribution is 7.99. The molecule has 3 aliphatic rings. The van der Waals surface area contributed by atoms with Gasteiger partial charge in [-0.25, -0.2) is 0 Å². The van der Waals surface area contributed by atoms with Gasteiger partial charge in [0.1, 0.15) is 0 Å². The van der Waals surface area contributed by atoms with Crippen LogP contribution in [0.15, 0.2) is 0 Å². The molecule has 2 saturated heterocycles. The van der Waals surface area contributed by atoms with Crippen molar-refractivity contribution in [3.05, 3.63) is 0 Å². The predicted molar refractivity (Wildman–Crippen MR) is 91.9 cm³/mol. The molecule has 21 heavy (non-hydrogen) atoms. The first-order valence-electron chi connectivity index (χ1n) is 9.19. The highest BCUT2D eigenvalue weighted by Crippen LogP contribution is 2.45. The van der Waals surface area contributed by atoms with Crippen LogP contribution in [-0.2, 0) is 4.74 Å². The first-order chi connectivity index (χ1) is 10.2. The van der Waals surface area contributed by atoms with Gasteiger partial charge < -0.3 is 10.1 Å². The average molecular weight is 312 g/mol. The largest absolute Gasteiger partial charge is 0.374 e. The molecule has 0 aromatic carbocycles. The Balaban J connectivity index is 1.69.